The van der Waals surface area contributed by atoms with Crippen LogP contribution in [0.15, 0.2) is 0 Å². The molecule has 0 spiro atoms. The molecule has 0 aromatic carbocycles. The minimum atomic E-state index is -8.96. The van der Waals surface area contributed by atoms with Crippen LogP contribution in [0, 0.1) is 0 Å². The molecule has 1 atom stereocenters. The number of rotatable bonds is 8. The third-order valence-corrected chi connectivity index (χ3v) is 4.17. The van der Waals surface area contributed by atoms with E-state index in [9.17, 15) is 92.0 Å². The summed E-state index contributed by atoms with van der Waals surface area (Å²) in [6, 6.07) is 0. The molecule has 1 unspecified atom stereocenters. The van der Waals surface area contributed by atoms with Gasteiger partial charge in [-0.1, -0.05) is 0 Å². The molecule has 0 aliphatic heterocycles. The summed E-state index contributed by atoms with van der Waals surface area (Å²) in [4.78, 5) is 0. The Morgan fingerprint density at radius 3 is 1.03 bits per heavy atom. The average Bonchev–Trinajstić information content (AvgIpc) is 2.50. The van der Waals surface area contributed by atoms with Gasteiger partial charge in [-0.2, -0.15) is 74.6 Å². The van der Waals surface area contributed by atoms with Gasteiger partial charge in [0.15, 0.2) is 10.1 Å². The quantitative estimate of drug-likeness (QED) is 0.270. The zero-order chi connectivity index (χ0) is 26.1. The van der Waals surface area contributed by atoms with Crippen LogP contribution in [-0.4, -0.2) is 66.1 Å². The Kier molecular flexibility index (Phi) is 8.54. The van der Waals surface area contributed by atoms with Crippen LogP contribution in [-0.2, 0) is 10.1 Å². The van der Waals surface area contributed by atoms with Gasteiger partial charge in [-0.05, 0) is 0 Å². The molecule has 0 aromatic rings. The van der Waals surface area contributed by atoms with Crippen molar-refractivity contribution in [2.75, 3.05) is 0 Å². The maximum atomic E-state index is 13.2. The Labute approximate surface area is 175 Å². The maximum absolute atomic E-state index is 13.2. The molecular weight excluding hydrogens is 537 g/mol. The molecule has 188 valence electrons. The van der Waals surface area contributed by atoms with Crippen LogP contribution in [0.5, 0.6) is 0 Å². The summed E-state index contributed by atoms with van der Waals surface area (Å²) >= 11 is 0. The first-order valence-corrected chi connectivity index (χ1v) is 7.62. The summed E-state index contributed by atoms with van der Waals surface area (Å²) in [7, 11) is -8.18. The summed E-state index contributed by atoms with van der Waals surface area (Å²) < 4.78 is 259. The van der Waals surface area contributed by atoms with Crippen LogP contribution in [0.3, 0.4) is 0 Å². The van der Waals surface area contributed by atoms with Crippen molar-refractivity contribution in [3.63, 3.8) is 0 Å². The van der Waals surface area contributed by atoms with Crippen molar-refractivity contribution < 1.29 is 111 Å². The molecule has 0 heterocycles. The minimum Gasteiger partial charge on any atom is -0.743 e. The van der Waals surface area contributed by atoms with Gasteiger partial charge in [0.1, 0.15) is 0 Å². The van der Waals surface area contributed by atoms with Crippen molar-refractivity contribution in [3.05, 3.63) is 0 Å². The van der Waals surface area contributed by atoms with Crippen molar-refractivity contribution in [2.45, 2.75) is 53.1 Å². The fraction of sp³-hybridized carbons (Fsp3) is 1.00. The summed E-state index contributed by atoms with van der Waals surface area (Å²) in [6.45, 7) is 0. The first kappa shape index (κ1) is 33.4. The van der Waals surface area contributed by atoms with E-state index in [4.69, 9.17) is 0 Å². The number of hydrogen-bond acceptors (Lipinski definition) is 3. The largest absolute Gasteiger partial charge is 1.00 e. The maximum Gasteiger partial charge on any atom is 1.00 e. The number of alkyl halides is 18. The molecule has 23 heteroatoms. The predicted octanol–water partition coefficient (Wildman–Crippen LogP) is 1.84. The first-order valence-electron chi connectivity index (χ1n) is 6.21. The van der Waals surface area contributed by atoms with E-state index in [1.807, 2.05) is 0 Å². The van der Waals surface area contributed by atoms with Crippen LogP contribution in [0.4, 0.5) is 79.0 Å². The summed E-state index contributed by atoms with van der Waals surface area (Å²) in [6.07, 6.45) is -13.8. The standard InChI is InChI=1S/C9H2F18O3S.Li/c10-1(3(13,14)15)2(11,12)4(16,17)5(18,19)6(20,21)7(22,23)8(24,25)9(26,27)31(28,29)30;/h1H,(H,28,29,30);/q;+1/p-1. The molecule has 0 saturated carbocycles. The van der Waals surface area contributed by atoms with Gasteiger partial charge in [0, 0.05) is 0 Å². The van der Waals surface area contributed by atoms with Crippen LogP contribution in [0.2, 0.25) is 0 Å². The van der Waals surface area contributed by atoms with Crippen LogP contribution in [0.1, 0.15) is 0 Å². The van der Waals surface area contributed by atoms with Gasteiger partial charge in [0.2, 0.25) is 0 Å². The molecule has 0 radical (unpaired) electrons. The minimum absolute atomic E-state index is 0. The third-order valence-electron chi connectivity index (χ3n) is 3.28. The normalized spacial score (nSPS) is 17.1. The first-order chi connectivity index (χ1) is 12.9. The van der Waals surface area contributed by atoms with Gasteiger partial charge in [-0.25, -0.2) is 12.8 Å². The monoisotopic (exact) mass is 538 g/mol. The van der Waals surface area contributed by atoms with Gasteiger partial charge in [0.25, 0.3) is 6.17 Å². The van der Waals surface area contributed by atoms with Gasteiger partial charge in [-0.3, -0.25) is 0 Å². The molecular formula is C9HF18LiO3S. The van der Waals surface area contributed by atoms with E-state index in [0.717, 1.165) is 0 Å². The van der Waals surface area contributed by atoms with Crippen molar-refractivity contribution in [3.8, 4) is 0 Å². The molecule has 0 aromatic heterocycles. The SMILES string of the molecule is O=S(=O)([O-])C(F)(F)C(F)(F)C(F)(F)C(F)(F)C(F)(F)C(F)(F)C(F)(F)C(F)C(F)(F)F.[Li+]. The Bertz CT molecular complexity index is 786. The molecule has 32 heavy (non-hydrogen) atoms. The Morgan fingerprint density at radius 1 is 0.531 bits per heavy atom. The molecule has 0 aliphatic carbocycles. The Balaban J connectivity index is 0. The molecule has 0 aliphatic rings. The second kappa shape index (κ2) is 8.18. The summed E-state index contributed by atoms with van der Waals surface area (Å²) in [5.74, 6) is -52.1. The Hall–Kier alpha value is -0.753. The number of halogens is 18. The van der Waals surface area contributed by atoms with Crippen LogP contribution < -0.4 is 18.9 Å². The van der Waals surface area contributed by atoms with Gasteiger partial charge < -0.3 is 4.55 Å². The topological polar surface area (TPSA) is 57.2 Å². The summed E-state index contributed by atoms with van der Waals surface area (Å²) in [5, 5.41) is -7.99. The average molecular weight is 538 g/mol. The smallest absolute Gasteiger partial charge is 0.743 e. The van der Waals surface area contributed by atoms with Crippen LogP contribution >= 0.6 is 0 Å². The molecule has 3 nitrogen and oxygen atoms in total. The van der Waals surface area contributed by atoms with Crippen molar-refractivity contribution in [2.24, 2.45) is 0 Å². The van der Waals surface area contributed by atoms with E-state index in [1.54, 1.807) is 0 Å². The second-order valence-electron chi connectivity index (χ2n) is 5.37. The van der Waals surface area contributed by atoms with E-state index in [-0.39, 0.29) is 18.9 Å². The van der Waals surface area contributed by atoms with Crippen molar-refractivity contribution in [1.29, 1.82) is 0 Å². The molecule has 0 rings (SSSR count). The molecule has 0 bridgehead atoms. The van der Waals surface area contributed by atoms with Crippen LogP contribution in [0.25, 0.3) is 0 Å². The van der Waals surface area contributed by atoms with Crippen molar-refractivity contribution in [1.82, 2.24) is 0 Å². The van der Waals surface area contributed by atoms with Gasteiger partial charge >= 0.3 is 65.8 Å². The van der Waals surface area contributed by atoms with E-state index in [0.29, 0.717) is 0 Å². The predicted molar refractivity (Wildman–Crippen MR) is 55.3 cm³/mol. The van der Waals surface area contributed by atoms with Gasteiger partial charge in [0.05, 0.1) is 0 Å². The van der Waals surface area contributed by atoms with Gasteiger partial charge in [-0.15, -0.1) is 0 Å². The zero-order valence-corrected chi connectivity index (χ0v) is 14.8. The zero-order valence-electron chi connectivity index (χ0n) is 14.0. The van der Waals surface area contributed by atoms with E-state index in [1.165, 1.54) is 0 Å². The Morgan fingerprint density at radius 2 is 0.781 bits per heavy atom. The van der Waals surface area contributed by atoms with E-state index >= 15 is 0 Å². The fourth-order valence-electron chi connectivity index (χ4n) is 1.51. The number of hydrogen-bond donors (Lipinski definition) is 0. The molecule has 0 N–H and O–H groups in total. The van der Waals surface area contributed by atoms with E-state index < -0.39 is 63.3 Å². The third kappa shape index (κ3) is 4.23. The molecule has 0 fully saturated rings. The molecule has 0 amide bonds. The van der Waals surface area contributed by atoms with Crippen molar-refractivity contribution >= 4 is 10.1 Å². The molecule has 0 saturated heterocycles. The second-order valence-corrected chi connectivity index (χ2v) is 6.79. The summed E-state index contributed by atoms with van der Waals surface area (Å²) in [5.41, 5.74) is 0. The van der Waals surface area contributed by atoms with E-state index in [2.05, 4.69) is 0 Å². The fourth-order valence-corrected chi connectivity index (χ4v) is 1.95.